The third-order valence-corrected chi connectivity index (χ3v) is 5.41. The summed E-state index contributed by atoms with van der Waals surface area (Å²) in [6.45, 7) is 9.17. The number of nitrogens with zero attached hydrogens (tertiary/aromatic N) is 2. The van der Waals surface area contributed by atoms with Crippen LogP contribution >= 0.6 is 11.3 Å². The zero-order valence-corrected chi connectivity index (χ0v) is 15.1. The molecule has 1 aromatic rings. The van der Waals surface area contributed by atoms with Crippen molar-refractivity contribution in [3.63, 3.8) is 0 Å². The molecule has 2 fully saturated rings. The van der Waals surface area contributed by atoms with Gasteiger partial charge in [-0.3, -0.25) is 4.90 Å². The second kappa shape index (κ2) is 8.80. The maximum absolute atomic E-state index is 12.5. The number of amides is 2. The number of thiophene rings is 1. The Morgan fingerprint density at radius 2 is 2.12 bits per heavy atom. The molecule has 0 bridgehead atoms. The van der Waals surface area contributed by atoms with E-state index >= 15 is 0 Å². The fourth-order valence-corrected chi connectivity index (χ4v) is 3.95. The molecule has 3 heterocycles. The number of carbonyl (C=O) groups excluding carboxylic acids is 1. The summed E-state index contributed by atoms with van der Waals surface area (Å²) in [7, 11) is 0. The van der Waals surface area contributed by atoms with Gasteiger partial charge in [0.05, 0.1) is 25.9 Å². The lowest BCUT2D eigenvalue weighted by Crippen LogP contribution is -2.47. The van der Waals surface area contributed by atoms with E-state index in [0.717, 1.165) is 52.4 Å². The summed E-state index contributed by atoms with van der Waals surface area (Å²) >= 11 is 1.73. The van der Waals surface area contributed by atoms with Gasteiger partial charge >= 0.3 is 6.03 Å². The molecule has 24 heavy (non-hydrogen) atoms. The summed E-state index contributed by atoms with van der Waals surface area (Å²) in [6, 6.07) is 4.18. The number of carbonyl (C=O) groups is 1. The quantitative estimate of drug-likeness (QED) is 0.895. The van der Waals surface area contributed by atoms with Gasteiger partial charge in [-0.1, -0.05) is 0 Å². The summed E-state index contributed by atoms with van der Waals surface area (Å²) in [5.74, 6) is 0. The maximum Gasteiger partial charge on any atom is 0.317 e. The highest BCUT2D eigenvalue weighted by Crippen LogP contribution is 2.15. The van der Waals surface area contributed by atoms with Gasteiger partial charge < -0.3 is 19.7 Å². The molecular weight excluding hydrogens is 326 g/mol. The summed E-state index contributed by atoms with van der Waals surface area (Å²) in [4.78, 5) is 19.2. The van der Waals surface area contributed by atoms with Crippen molar-refractivity contribution in [1.82, 2.24) is 15.1 Å². The molecule has 0 spiro atoms. The van der Waals surface area contributed by atoms with Crippen molar-refractivity contribution in [3.8, 4) is 0 Å². The highest BCUT2D eigenvalue weighted by Gasteiger charge is 2.25. The molecule has 7 heteroatoms. The van der Waals surface area contributed by atoms with E-state index in [-0.39, 0.29) is 12.1 Å². The molecule has 6 nitrogen and oxygen atoms in total. The zero-order chi connectivity index (χ0) is 16.8. The van der Waals surface area contributed by atoms with E-state index in [0.29, 0.717) is 13.1 Å². The SMILES string of the molecule is Cc1ccc(CNC(=O)N2CCCO[C@@H](CN3CCOCC3)C2)s1. The van der Waals surface area contributed by atoms with Crippen LogP contribution in [-0.4, -0.2) is 74.5 Å². The van der Waals surface area contributed by atoms with E-state index in [1.165, 1.54) is 9.75 Å². The highest BCUT2D eigenvalue weighted by atomic mass is 32.1. The molecule has 1 atom stereocenters. The molecular formula is C17H27N3O3S. The molecule has 1 aromatic heterocycles. The lowest BCUT2D eigenvalue weighted by molar-refractivity contribution is -0.0101. The third-order valence-electron chi connectivity index (χ3n) is 4.41. The minimum absolute atomic E-state index is 0.0125. The number of rotatable bonds is 4. The Labute approximate surface area is 147 Å². The molecule has 0 unspecified atom stereocenters. The van der Waals surface area contributed by atoms with Crippen molar-refractivity contribution in [2.75, 3.05) is 52.5 Å². The van der Waals surface area contributed by atoms with E-state index in [2.05, 4.69) is 29.3 Å². The maximum atomic E-state index is 12.5. The van der Waals surface area contributed by atoms with Gasteiger partial charge in [0.25, 0.3) is 0 Å². The summed E-state index contributed by atoms with van der Waals surface area (Å²) in [5.41, 5.74) is 0. The molecule has 1 N–H and O–H groups in total. The number of nitrogens with one attached hydrogen (secondary N) is 1. The minimum atomic E-state index is 0.0125. The Hall–Kier alpha value is -1.15. The normalized spacial score (nSPS) is 23.0. The average Bonchev–Trinajstić information content (AvgIpc) is 2.87. The Kier molecular flexibility index (Phi) is 6.48. The third kappa shape index (κ3) is 5.17. The van der Waals surface area contributed by atoms with Crippen LogP contribution in [-0.2, 0) is 16.0 Å². The van der Waals surface area contributed by atoms with Crippen LogP contribution in [0.2, 0.25) is 0 Å². The summed E-state index contributed by atoms with van der Waals surface area (Å²) < 4.78 is 11.3. The van der Waals surface area contributed by atoms with Gasteiger partial charge in [0, 0.05) is 49.1 Å². The van der Waals surface area contributed by atoms with Gasteiger partial charge in [-0.2, -0.15) is 0 Å². The molecule has 134 valence electrons. The second-order valence-corrected chi connectivity index (χ2v) is 7.75. The van der Waals surface area contributed by atoms with Crippen LogP contribution < -0.4 is 5.32 Å². The first-order valence-corrected chi connectivity index (χ1v) is 9.52. The van der Waals surface area contributed by atoms with E-state index in [4.69, 9.17) is 9.47 Å². The Bertz CT molecular complexity index is 531. The number of urea groups is 1. The van der Waals surface area contributed by atoms with Crippen molar-refractivity contribution >= 4 is 17.4 Å². The van der Waals surface area contributed by atoms with Crippen molar-refractivity contribution in [1.29, 1.82) is 0 Å². The van der Waals surface area contributed by atoms with Crippen LogP contribution in [0.4, 0.5) is 4.79 Å². The Balaban J connectivity index is 1.48. The van der Waals surface area contributed by atoms with Gasteiger partial charge in [0.2, 0.25) is 0 Å². The minimum Gasteiger partial charge on any atom is -0.379 e. The number of ether oxygens (including phenoxy) is 2. The first-order valence-electron chi connectivity index (χ1n) is 8.70. The lowest BCUT2D eigenvalue weighted by Gasteiger charge is -2.31. The van der Waals surface area contributed by atoms with Crippen LogP contribution in [0, 0.1) is 6.92 Å². The van der Waals surface area contributed by atoms with Crippen molar-refractivity contribution in [3.05, 3.63) is 21.9 Å². The second-order valence-electron chi connectivity index (χ2n) is 6.38. The molecule has 0 aliphatic carbocycles. The van der Waals surface area contributed by atoms with Crippen LogP contribution in [0.15, 0.2) is 12.1 Å². The smallest absolute Gasteiger partial charge is 0.317 e. The largest absolute Gasteiger partial charge is 0.379 e. The molecule has 2 aliphatic rings. The van der Waals surface area contributed by atoms with Crippen molar-refractivity contribution < 1.29 is 14.3 Å². The van der Waals surface area contributed by atoms with Gasteiger partial charge in [0.1, 0.15) is 0 Å². The van der Waals surface area contributed by atoms with Gasteiger partial charge in [0.15, 0.2) is 0 Å². The van der Waals surface area contributed by atoms with Crippen LogP contribution in [0.25, 0.3) is 0 Å². The molecule has 2 amide bonds. The predicted molar refractivity (Wildman–Crippen MR) is 94.5 cm³/mol. The van der Waals surface area contributed by atoms with E-state index in [1.807, 2.05) is 4.90 Å². The van der Waals surface area contributed by atoms with Crippen LogP contribution in [0.5, 0.6) is 0 Å². The van der Waals surface area contributed by atoms with E-state index in [9.17, 15) is 4.79 Å². The zero-order valence-electron chi connectivity index (χ0n) is 14.3. The van der Waals surface area contributed by atoms with Crippen LogP contribution in [0.3, 0.4) is 0 Å². The first-order chi connectivity index (χ1) is 11.7. The van der Waals surface area contributed by atoms with Gasteiger partial charge in [-0.25, -0.2) is 4.79 Å². The molecule has 0 saturated carbocycles. The lowest BCUT2D eigenvalue weighted by atomic mass is 10.3. The fraction of sp³-hybridized carbons (Fsp3) is 0.706. The number of aryl methyl sites for hydroxylation is 1. The number of morpholine rings is 1. The Morgan fingerprint density at radius 3 is 2.88 bits per heavy atom. The highest BCUT2D eigenvalue weighted by molar-refractivity contribution is 7.11. The standard InChI is InChI=1S/C17H27N3O3S/c1-14-3-4-16(24-14)11-18-17(21)20-5-2-8-23-15(13-20)12-19-6-9-22-10-7-19/h3-4,15H,2,5-13H2,1H3,(H,18,21)/t15-/m0/s1. The average molecular weight is 353 g/mol. The molecule has 0 radical (unpaired) electrons. The molecule has 0 aromatic carbocycles. The Morgan fingerprint density at radius 1 is 1.29 bits per heavy atom. The number of hydrogen-bond donors (Lipinski definition) is 1. The molecule has 2 aliphatic heterocycles. The van der Waals surface area contributed by atoms with Crippen molar-refractivity contribution in [2.24, 2.45) is 0 Å². The van der Waals surface area contributed by atoms with Gasteiger partial charge in [-0.05, 0) is 25.5 Å². The predicted octanol–water partition coefficient (Wildman–Crippen LogP) is 1.69. The monoisotopic (exact) mass is 353 g/mol. The fourth-order valence-electron chi connectivity index (χ4n) is 3.12. The molecule has 3 rings (SSSR count). The number of hydrogen-bond acceptors (Lipinski definition) is 5. The van der Waals surface area contributed by atoms with E-state index < -0.39 is 0 Å². The van der Waals surface area contributed by atoms with Crippen molar-refractivity contribution in [2.45, 2.75) is 26.0 Å². The molecule has 2 saturated heterocycles. The van der Waals surface area contributed by atoms with E-state index in [1.54, 1.807) is 11.3 Å². The topological polar surface area (TPSA) is 54.0 Å². The summed E-state index contributed by atoms with van der Waals surface area (Å²) in [5, 5.41) is 3.04. The summed E-state index contributed by atoms with van der Waals surface area (Å²) in [6.07, 6.45) is 0.978. The van der Waals surface area contributed by atoms with Gasteiger partial charge in [-0.15, -0.1) is 11.3 Å². The van der Waals surface area contributed by atoms with Crippen LogP contribution in [0.1, 0.15) is 16.2 Å². The first kappa shape index (κ1) is 17.7.